The van der Waals surface area contributed by atoms with Gasteiger partial charge in [-0.1, -0.05) is 35.3 Å². The molecule has 0 unspecified atom stereocenters. The summed E-state index contributed by atoms with van der Waals surface area (Å²) in [5.41, 5.74) is 0.800. The van der Waals surface area contributed by atoms with Gasteiger partial charge in [-0.25, -0.2) is 0 Å². The van der Waals surface area contributed by atoms with Gasteiger partial charge in [0.05, 0.1) is 10.0 Å². The SMILES string of the molecule is CN(Cc1cccc(Cl)c1Cl)C(=O)C=Cc1ccc(Br)o1. The largest absolute Gasteiger partial charge is 0.450 e. The summed E-state index contributed by atoms with van der Waals surface area (Å²) in [6, 6.07) is 8.88. The highest BCUT2D eigenvalue weighted by atomic mass is 79.9. The molecule has 0 saturated heterocycles. The lowest BCUT2D eigenvalue weighted by Crippen LogP contribution is -2.24. The van der Waals surface area contributed by atoms with Crippen molar-refractivity contribution in [1.82, 2.24) is 4.90 Å². The molecule has 0 aliphatic rings. The third-order valence-corrected chi connectivity index (χ3v) is 4.08. The van der Waals surface area contributed by atoms with Crippen LogP contribution in [0.25, 0.3) is 6.08 Å². The molecule has 0 aliphatic carbocycles. The summed E-state index contributed by atoms with van der Waals surface area (Å²) in [4.78, 5) is 13.6. The van der Waals surface area contributed by atoms with E-state index in [4.69, 9.17) is 27.6 Å². The van der Waals surface area contributed by atoms with E-state index < -0.39 is 0 Å². The van der Waals surface area contributed by atoms with Gasteiger partial charge in [-0.15, -0.1) is 0 Å². The Balaban J connectivity index is 2.02. The minimum Gasteiger partial charge on any atom is -0.450 e. The molecule has 1 aromatic heterocycles. The van der Waals surface area contributed by atoms with Crippen molar-refractivity contribution in [3.63, 3.8) is 0 Å². The first-order valence-electron chi connectivity index (χ1n) is 6.09. The molecule has 21 heavy (non-hydrogen) atoms. The summed E-state index contributed by atoms with van der Waals surface area (Å²) in [6.07, 6.45) is 3.06. The minimum atomic E-state index is -0.154. The van der Waals surface area contributed by atoms with Crippen LogP contribution in [0.1, 0.15) is 11.3 Å². The third-order valence-electron chi connectivity index (χ3n) is 2.80. The Labute approximate surface area is 141 Å². The lowest BCUT2D eigenvalue weighted by molar-refractivity contribution is -0.125. The molecule has 3 nitrogen and oxygen atoms in total. The second-order valence-corrected chi connectivity index (χ2v) is 5.95. The molecule has 1 aromatic carbocycles. The average Bonchev–Trinajstić information content (AvgIpc) is 2.87. The van der Waals surface area contributed by atoms with Gasteiger partial charge in [0, 0.05) is 19.7 Å². The fourth-order valence-corrected chi connectivity index (χ4v) is 2.40. The summed E-state index contributed by atoms with van der Waals surface area (Å²) in [5, 5.41) is 0.948. The van der Waals surface area contributed by atoms with Crippen LogP contribution in [0.2, 0.25) is 10.0 Å². The van der Waals surface area contributed by atoms with Crippen LogP contribution in [0, 0.1) is 0 Å². The number of halogens is 3. The maximum atomic E-state index is 12.0. The highest BCUT2D eigenvalue weighted by molar-refractivity contribution is 9.10. The van der Waals surface area contributed by atoms with E-state index in [0.717, 1.165) is 5.56 Å². The molecule has 0 aliphatic heterocycles. The van der Waals surface area contributed by atoms with Crippen LogP contribution >= 0.6 is 39.1 Å². The first kappa shape index (κ1) is 16.1. The summed E-state index contributed by atoms with van der Waals surface area (Å²) < 4.78 is 5.91. The molecule has 2 aromatic rings. The van der Waals surface area contributed by atoms with E-state index in [1.54, 1.807) is 42.3 Å². The molecule has 0 fully saturated rings. The Bertz CT molecular complexity index is 682. The van der Waals surface area contributed by atoms with Crippen LogP contribution in [0.3, 0.4) is 0 Å². The van der Waals surface area contributed by atoms with Crippen molar-refractivity contribution in [3.8, 4) is 0 Å². The van der Waals surface area contributed by atoms with Gasteiger partial charge >= 0.3 is 0 Å². The lowest BCUT2D eigenvalue weighted by atomic mass is 10.2. The maximum absolute atomic E-state index is 12.0. The first-order chi connectivity index (χ1) is 9.97. The second kappa shape index (κ2) is 7.16. The third kappa shape index (κ3) is 4.37. The number of carbonyl (C=O) groups excluding carboxylic acids is 1. The van der Waals surface area contributed by atoms with Gasteiger partial charge in [0.25, 0.3) is 0 Å². The highest BCUT2D eigenvalue weighted by Crippen LogP contribution is 2.26. The Morgan fingerprint density at radius 3 is 2.76 bits per heavy atom. The Morgan fingerprint density at radius 2 is 2.10 bits per heavy atom. The van der Waals surface area contributed by atoms with E-state index in [9.17, 15) is 4.79 Å². The summed E-state index contributed by atoms with van der Waals surface area (Å²) in [7, 11) is 1.70. The van der Waals surface area contributed by atoms with Gasteiger partial charge in [-0.05, 0) is 45.8 Å². The molecule has 1 heterocycles. The number of hydrogen-bond acceptors (Lipinski definition) is 2. The van der Waals surface area contributed by atoms with Crippen molar-refractivity contribution in [1.29, 1.82) is 0 Å². The number of furan rings is 1. The number of benzene rings is 1. The Kier molecular flexibility index (Phi) is 5.51. The zero-order chi connectivity index (χ0) is 15.4. The molecule has 0 atom stereocenters. The van der Waals surface area contributed by atoms with Gasteiger partial charge in [0.2, 0.25) is 5.91 Å². The van der Waals surface area contributed by atoms with E-state index in [-0.39, 0.29) is 5.91 Å². The molecule has 0 bridgehead atoms. The predicted octanol–water partition coefficient (Wildman–Crippen LogP) is 5.02. The van der Waals surface area contributed by atoms with Crippen molar-refractivity contribution in [2.75, 3.05) is 7.05 Å². The van der Waals surface area contributed by atoms with Gasteiger partial charge in [0.1, 0.15) is 5.76 Å². The zero-order valence-corrected chi connectivity index (χ0v) is 14.2. The first-order valence-corrected chi connectivity index (χ1v) is 7.63. The van der Waals surface area contributed by atoms with Gasteiger partial charge in [-0.2, -0.15) is 0 Å². The van der Waals surface area contributed by atoms with Crippen molar-refractivity contribution in [3.05, 3.63) is 62.4 Å². The molecule has 6 heteroatoms. The number of hydrogen-bond donors (Lipinski definition) is 0. The summed E-state index contributed by atoms with van der Waals surface area (Å²) in [6.45, 7) is 0.379. The van der Waals surface area contributed by atoms with Gasteiger partial charge < -0.3 is 9.32 Å². The quantitative estimate of drug-likeness (QED) is 0.689. The maximum Gasteiger partial charge on any atom is 0.246 e. The van der Waals surface area contributed by atoms with Crippen LogP contribution in [-0.2, 0) is 11.3 Å². The fourth-order valence-electron chi connectivity index (χ4n) is 1.70. The Morgan fingerprint density at radius 1 is 1.33 bits per heavy atom. The molecular weight excluding hydrogens is 377 g/mol. The summed E-state index contributed by atoms with van der Waals surface area (Å²) in [5.74, 6) is 0.447. The summed E-state index contributed by atoms with van der Waals surface area (Å²) >= 11 is 15.3. The fraction of sp³-hybridized carbons (Fsp3) is 0.133. The van der Waals surface area contributed by atoms with E-state index in [1.165, 1.54) is 6.08 Å². The van der Waals surface area contributed by atoms with Crippen LogP contribution in [0.4, 0.5) is 0 Å². The number of carbonyl (C=O) groups is 1. The monoisotopic (exact) mass is 387 g/mol. The second-order valence-electron chi connectivity index (χ2n) is 4.38. The minimum absolute atomic E-state index is 0.154. The van der Waals surface area contributed by atoms with Crippen LogP contribution < -0.4 is 0 Å². The standard InChI is InChI=1S/C15H12BrCl2NO2/c1-19(9-10-3-2-4-12(17)15(10)18)14(20)8-6-11-5-7-13(16)21-11/h2-8H,9H2,1H3. The highest BCUT2D eigenvalue weighted by Gasteiger charge is 2.10. The van der Waals surface area contributed by atoms with Crippen molar-refractivity contribution in [2.24, 2.45) is 0 Å². The van der Waals surface area contributed by atoms with Crippen molar-refractivity contribution in [2.45, 2.75) is 6.54 Å². The van der Waals surface area contributed by atoms with Crippen LogP contribution in [-0.4, -0.2) is 17.9 Å². The molecule has 0 spiro atoms. The number of rotatable bonds is 4. The van der Waals surface area contributed by atoms with E-state index in [0.29, 0.717) is 27.0 Å². The Hall–Kier alpha value is -1.23. The zero-order valence-electron chi connectivity index (χ0n) is 11.1. The topological polar surface area (TPSA) is 33.5 Å². The smallest absolute Gasteiger partial charge is 0.246 e. The van der Waals surface area contributed by atoms with Crippen LogP contribution in [0.15, 0.2) is 45.5 Å². The molecule has 0 N–H and O–H groups in total. The van der Waals surface area contributed by atoms with Crippen LogP contribution in [0.5, 0.6) is 0 Å². The normalized spacial score (nSPS) is 11.0. The molecule has 2 rings (SSSR count). The predicted molar refractivity (Wildman–Crippen MR) is 88.4 cm³/mol. The molecule has 110 valence electrons. The lowest BCUT2D eigenvalue weighted by Gasteiger charge is -2.16. The van der Waals surface area contributed by atoms with Crippen molar-refractivity contribution >= 4 is 51.1 Å². The number of amides is 1. The molecule has 0 radical (unpaired) electrons. The average molecular weight is 389 g/mol. The number of likely N-dealkylation sites (N-methyl/N-ethyl adjacent to an activating group) is 1. The van der Waals surface area contributed by atoms with E-state index >= 15 is 0 Å². The van der Waals surface area contributed by atoms with Gasteiger partial charge in [-0.3, -0.25) is 4.79 Å². The molecular formula is C15H12BrCl2NO2. The van der Waals surface area contributed by atoms with Crippen molar-refractivity contribution < 1.29 is 9.21 Å². The van der Waals surface area contributed by atoms with E-state index in [1.807, 2.05) is 6.07 Å². The van der Waals surface area contributed by atoms with Gasteiger partial charge in [0.15, 0.2) is 4.67 Å². The van der Waals surface area contributed by atoms with E-state index in [2.05, 4.69) is 15.9 Å². The number of nitrogens with zero attached hydrogens (tertiary/aromatic N) is 1. The molecule has 0 saturated carbocycles. The molecule has 1 amide bonds.